The van der Waals surface area contributed by atoms with E-state index in [0.29, 0.717) is 47.8 Å². The third-order valence-electron chi connectivity index (χ3n) is 6.69. The lowest BCUT2D eigenvalue weighted by atomic mass is 10.1. The highest BCUT2D eigenvalue weighted by atomic mass is 32.2. The second-order valence-electron chi connectivity index (χ2n) is 8.73. The minimum absolute atomic E-state index is 0.179. The lowest BCUT2D eigenvalue weighted by molar-refractivity contribution is -0.121. The first-order valence-corrected chi connectivity index (χ1v) is 12.6. The van der Waals surface area contributed by atoms with Crippen molar-refractivity contribution in [3.63, 3.8) is 0 Å². The Morgan fingerprint density at radius 1 is 0.970 bits per heavy atom. The number of aromatic amines is 2. The predicted molar refractivity (Wildman–Crippen MR) is 126 cm³/mol. The molecule has 0 bridgehead atoms. The molecule has 9 nitrogen and oxygen atoms in total. The van der Waals surface area contributed by atoms with E-state index < -0.39 is 16.1 Å². The summed E-state index contributed by atoms with van der Waals surface area (Å²) in [7, 11) is -3.55. The van der Waals surface area contributed by atoms with Gasteiger partial charge in [-0.05, 0) is 67.6 Å². The number of rotatable bonds is 5. The number of benzene rings is 2. The number of hydrogen-bond acceptors (Lipinski definition) is 5. The zero-order valence-corrected chi connectivity index (χ0v) is 19.2. The van der Waals surface area contributed by atoms with Crippen LogP contribution in [0.25, 0.3) is 11.0 Å². The number of aromatic nitrogens is 2. The summed E-state index contributed by atoms with van der Waals surface area (Å²) >= 11 is 0. The Hall–Kier alpha value is -2.95. The van der Waals surface area contributed by atoms with Gasteiger partial charge in [0, 0.05) is 31.9 Å². The van der Waals surface area contributed by atoms with Gasteiger partial charge in [-0.25, -0.2) is 13.2 Å². The quantitative estimate of drug-likeness (QED) is 0.525. The molecule has 0 saturated carbocycles. The lowest BCUT2D eigenvalue weighted by Crippen LogP contribution is -2.53. The Bertz CT molecular complexity index is 1370. The van der Waals surface area contributed by atoms with E-state index in [4.69, 9.17) is 0 Å². The van der Waals surface area contributed by atoms with Gasteiger partial charge >= 0.3 is 5.69 Å². The van der Waals surface area contributed by atoms with Gasteiger partial charge in [0.15, 0.2) is 0 Å². The van der Waals surface area contributed by atoms with Crippen molar-refractivity contribution in [3.8, 4) is 0 Å². The summed E-state index contributed by atoms with van der Waals surface area (Å²) in [6, 6.07) is 10.2. The summed E-state index contributed by atoms with van der Waals surface area (Å²) in [6.45, 7) is 3.45. The summed E-state index contributed by atoms with van der Waals surface area (Å²) in [4.78, 5) is 31.9. The molecule has 3 N–H and O–H groups in total. The molecule has 1 unspecified atom stereocenters. The third kappa shape index (κ3) is 4.21. The fourth-order valence-corrected chi connectivity index (χ4v) is 6.19. The van der Waals surface area contributed by atoms with Gasteiger partial charge in [-0.15, -0.1) is 0 Å². The molecule has 1 aliphatic heterocycles. The maximum Gasteiger partial charge on any atom is 0.323 e. The maximum absolute atomic E-state index is 13.1. The van der Waals surface area contributed by atoms with Crippen LogP contribution in [-0.4, -0.2) is 65.7 Å². The first kappa shape index (κ1) is 21.9. The second-order valence-corrected chi connectivity index (χ2v) is 10.7. The van der Waals surface area contributed by atoms with Crippen LogP contribution in [0.5, 0.6) is 0 Å². The van der Waals surface area contributed by atoms with Crippen molar-refractivity contribution in [2.24, 2.45) is 0 Å². The molecular weight excluding hydrogens is 442 g/mol. The minimum Gasteiger partial charge on any atom is -0.325 e. The number of H-pyrrole nitrogens is 2. The van der Waals surface area contributed by atoms with Crippen LogP contribution in [0.15, 0.2) is 46.1 Å². The molecule has 10 heteroatoms. The van der Waals surface area contributed by atoms with Gasteiger partial charge in [-0.1, -0.05) is 6.07 Å². The maximum atomic E-state index is 13.1. The molecular formula is C23H27N5O4S. The van der Waals surface area contributed by atoms with E-state index in [1.807, 2.05) is 24.0 Å². The van der Waals surface area contributed by atoms with E-state index in [0.717, 1.165) is 24.8 Å². The number of nitrogens with one attached hydrogen (secondary N) is 3. The highest BCUT2D eigenvalue weighted by Crippen LogP contribution is 2.27. The Morgan fingerprint density at radius 3 is 2.48 bits per heavy atom. The van der Waals surface area contributed by atoms with Gasteiger partial charge in [0.2, 0.25) is 15.9 Å². The van der Waals surface area contributed by atoms with E-state index in [1.165, 1.54) is 9.87 Å². The van der Waals surface area contributed by atoms with Gasteiger partial charge in [0.25, 0.3) is 0 Å². The molecule has 174 valence electrons. The van der Waals surface area contributed by atoms with E-state index in [1.54, 1.807) is 24.3 Å². The van der Waals surface area contributed by atoms with Crippen LogP contribution in [0.3, 0.4) is 0 Å². The molecule has 2 aromatic carbocycles. The highest BCUT2D eigenvalue weighted by Gasteiger charge is 2.32. The molecule has 0 spiro atoms. The molecule has 1 amide bonds. The number of carbonyl (C=O) groups is 1. The molecule has 1 saturated heterocycles. The number of sulfonamides is 1. The summed E-state index contributed by atoms with van der Waals surface area (Å²) < 4.78 is 27.8. The van der Waals surface area contributed by atoms with Gasteiger partial charge in [0.1, 0.15) is 0 Å². The number of fused-ring (bicyclic) bond motifs is 2. The topological polar surface area (TPSA) is 118 Å². The number of hydrogen-bond donors (Lipinski definition) is 3. The second kappa shape index (κ2) is 8.44. The number of nitrogens with zero attached hydrogens (tertiary/aromatic N) is 2. The van der Waals surface area contributed by atoms with E-state index in [9.17, 15) is 18.0 Å². The van der Waals surface area contributed by atoms with Gasteiger partial charge < -0.3 is 15.3 Å². The number of carbonyl (C=O) groups excluding carboxylic acids is 1. The minimum atomic E-state index is -3.55. The monoisotopic (exact) mass is 469 g/mol. The van der Waals surface area contributed by atoms with Crippen LogP contribution in [0.4, 0.5) is 5.69 Å². The van der Waals surface area contributed by atoms with Crippen LogP contribution in [0, 0.1) is 0 Å². The van der Waals surface area contributed by atoms with E-state index in [2.05, 4.69) is 15.3 Å². The smallest absolute Gasteiger partial charge is 0.323 e. The Labute approximate surface area is 191 Å². The fourth-order valence-electron chi connectivity index (χ4n) is 4.71. The van der Waals surface area contributed by atoms with Gasteiger partial charge in [0.05, 0.1) is 22.0 Å². The Balaban J connectivity index is 1.21. The molecule has 1 aromatic heterocycles. The fraction of sp³-hybridized carbons (Fsp3) is 0.391. The first-order chi connectivity index (χ1) is 15.8. The third-order valence-corrected chi connectivity index (χ3v) is 8.59. The average molecular weight is 470 g/mol. The van der Waals surface area contributed by atoms with Crippen molar-refractivity contribution in [1.82, 2.24) is 19.2 Å². The van der Waals surface area contributed by atoms with Crippen LogP contribution in [0.2, 0.25) is 0 Å². The van der Waals surface area contributed by atoms with Crippen molar-refractivity contribution in [1.29, 1.82) is 0 Å². The van der Waals surface area contributed by atoms with Crippen LogP contribution < -0.4 is 11.0 Å². The number of aryl methyl sites for hydroxylation is 2. The van der Waals surface area contributed by atoms with Gasteiger partial charge in [-0.2, -0.15) is 4.31 Å². The highest BCUT2D eigenvalue weighted by molar-refractivity contribution is 7.89. The summed E-state index contributed by atoms with van der Waals surface area (Å²) in [5.41, 5.74) is 3.98. The van der Waals surface area contributed by atoms with Crippen molar-refractivity contribution in [2.45, 2.75) is 37.1 Å². The molecule has 33 heavy (non-hydrogen) atoms. The molecule has 2 heterocycles. The SMILES string of the molecule is CC(C(=O)Nc1ccc2[nH]c(=O)[nH]c2c1)N1CCN(S(=O)(=O)c2ccc3c(c2)CCC3)CC1. The number of anilines is 1. The summed E-state index contributed by atoms with van der Waals surface area (Å²) in [5.74, 6) is -0.179. The first-order valence-electron chi connectivity index (χ1n) is 11.2. The Morgan fingerprint density at radius 2 is 1.70 bits per heavy atom. The number of imidazole rings is 1. The molecule has 5 rings (SSSR count). The zero-order valence-electron chi connectivity index (χ0n) is 18.4. The van der Waals surface area contributed by atoms with E-state index in [-0.39, 0.29) is 11.6 Å². The number of amides is 1. The molecule has 1 aliphatic carbocycles. The van der Waals surface area contributed by atoms with Crippen molar-refractivity contribution >= 4 is 32.7 Å². The summed E-state index contributed by atoms with van der Waals surface area (Å²) in [5, 5.41) is 2.88. The summed E-state index contributed by atoms with van der Waals surface area (Å²) in [6.07, 6.45) is 3.03. The predicted octanol–water partition coefficient (Wildman–Crippen LogP) is 1.68. The molecule has 0 radical (unpaired) electrons. The zero-order chi connectivity index (χ0) is 23.2. The average Bonchev–Trinajstić information content (AvgIpc) is 3.43. The van der Waals surface area contributed by atoms with Crippen LogP contribution in [0.1, 0.15) is 24.5 Å². The standard InChI is InChI=1S/C23H27N5O4S/c1-15(22(29)24-18-6-8-20-21(14-18)26-23(30)25-20)27-9-11-28(12-10-27)33(31,32)19-7-5-16-3-2-4-17(16)13-19/h5-8,13-15H,2-4,9-12H2,1H3,(H,24,29)(H2,25,26,30). The largest absolute Gasteiger partial charge is 0.325 e. The van der Waals surface area contributed by atoms with Crippen LogP contribution >= 0.6 is 0 Å². The Kier molecular flexibility index (Phi) is 5.59. The molecule has 1 atom stereocenters. The number of piperazine rings is 1. The van der Waals surface area contributed by atoms with Crippen LogP contribution in [-0.2, 0) is 27.7 Å². The molecule has 3 aromatic rings. The molecule has 2 aliphatic rings. The molecule has 1 fully saturated rings. The van der Waals surface area contributed by atoms with Crippen molar-refractivity contribution in [2.75, 3.05) is 31.5 Å². The van der Waals surface area contributed by atoms with Crippen molar-refractivity contribution < 1.29 is 13.2 Å². The van der Waals surface area contributed by atoms with Gasteiger partial charge in [-0.3, -0.25) is 9.69 Å². The van der Waals surface area contributed by atoms with E-state index >= 15 is 0 Å². The van der Waals surface area contributed by atoms with Crippen molar-refractivity contribution in [3.05, 3.63) is 58.0 Å². The normalized spacial score (nSPS) is 18.3. The lowest BCUT2D eigenvalue weighted by Gasteiger charge is -2.36.